The van der Waals surface area contributed by atoms with Crippen LogP contribution in [0.3, 0.4) is 0 Å². The Bertz CT molecular complexity index is 1420. The summed E-state index contributed by atoms with van der Waals surface area (Å²) in [5, 5.41) is -0.256. The van der Waals surface area contributed by atoms with Gasteiger partial charge in [0.1, 0.15) is 17.4 Å². The second-order valence-corrected chi connectivity index (χ2v) is 12.5. The van der Waals surface area contributed by atoms with E-state index in [0.29, 0.717) is 35.9 Å². The normalized spacial score (nSPS) is 11.9. The molecule has 0 radical (unpaired) electrons. The van der Waals surface area contributed by atoms with E-state index in [2.05, 4.69) is 14.7 Å². The third kappa shape index (κ3) is 7.74. The largest absolute Gasteiger partial charge is 0.493 e. The van der Waals surface area contributed by atoms with E-state index >= 15 is 0 Å². The summed E-state index contributed by atoms with van der Waals surface area (Å²) < 4.78 is 48.0. The summed E-state index contributed by atoms with van der Waals surface area (Å²) in [6.07, 6.45) is 0. The summed E-state index contributed by atoms with van der Waals surface area (Å²) in [6.45, 7) is 12.7. The Morgan fingerprint density at radius 1 is 1.11 bits per heavy atom. The first-order valence-electron chi connectivity index (χ1n) is 12.3. The quantitative estimate of drug-likeness (QED) is 0.395. The van der Waals surface area contributed by atoms with Crippen molar-refractivity contribution in [1.29, 1.82) is 0 Å². The standard InChI is InChI=1S/C28H35FN4O4S/c1-18(2)16-37-22-14-20(13-21(29)15-22)24-12-11-23(26(31-24)33(7)17-28(4,5)6)27(34)32-38(35,36)25-10-8-9-19(3)30-25/h8-15,18H,16-17H2,1-7H3,(H,32,34). The molecule has 1 aromatic carbocycles. The minimum Gasteiger partial charge on any atom is -0.493 e. The summed E-state index contributed by atoms with van der Waals surface area (Å²) in [6, 6.07) is 11.9. The summed E-state index contributed by atoms with van der Waals surface area (Å²) in [5.41, 5.74) is 1.29. The predicted octanol–water partition coefficient (Wildman–Crippen LogP) is 5.23. The summed E-state index contributed by atoms with van der Waals surface area (Å²) in [5.74, 6) is -0.425. The van der Waals surface area contributed by atoms with Crippen molar-refractivity contribution in [3.63, 3.8) is 0 Å². The van der Waals surface area contributed by atoms with Crippen molar-refractivity contribution in [2.75, 3.05) is 25.1 Å². The molecule has 0 aliphatic heterocycles. The molecule has 2 aromatic heterocycles. The van der Waals surface area contributed by atoms with Crippen LogP contribution in [-0.2, 0) is 10.0 Å². The highest BCUT2D eigenvalue weighted by molar-refractivity contribution is 7.90. The molecule has 8 nitrogen and oxygen atoms in total. The van der Waals surface area contributed by atoms with E-state index in [4.69, 9.17) is 4.74 Å². The molecule has 0 saturated heterocycles. The molecule has 0 bridgehead atoms. The highest BCUT2D eigenvalue weighted by atomic mass is 32.2. The molecule has 0 unspecified atom stereocenters. The van der Waals surface area contributed by atoms with Crippen molar-refractivity contribution < 1.29 is 22.3 Å². The zero-order valence-corrected chi connectivity index (χ0v) is 23.7. The number of aryl methyl sites for hydroxylation is 1. The number of anilines is 1. The van der Waals surface area contributed by atoms with E-state index in [1.807, 2.05) is 34.6 Å². The SMILES string of the molecule is Cc1cccc(S(=O)(=O)NC(=O)c2ccc(-c3cc(F)cc(OCC(C)C)c3)nc2N(C)CC(C)(C)C)n1. The summed E-state index contributed by atoms with van der Waals surface area (Å²) in [7, 11) is -2.45. The molecule has 1 N–H and O–H groups in total. The third-order valence-electron chi connectivity index (χ3n) is 5.31. The van der Waals surface area contributed by atoms with Crippen LogP contribution in [0, 0.1) is 24.1 Å². The van der Waals surface area contributed by atoms with Crippen LogP contribution in [0.25, 0.3) is 11.3 Å². The number of halogens is 1. The zero-order chi connectivity index (χ0) is 28.3. The van der Waals surface area contributed by atoms with Gasteiger partial charge in [-0.25, -0.2) is 19.1 Å². The maximum Gasteiger partial charge on any atom is 0.281 e. The lowest BCUT2D eigenvalue weighted by Crippen LogP contribution is -2.35. The number of carbonyl (C=O) groups is 1. The van der Waals surface area contributed by atoms with Crippen molar-refractivity contribution in [2.24, 2.45) is 11.3 Å². The molecule has 204 valence electrons. The molecule has 2 heterocycles. The second-order valence-electron chi connectivity index (χ2n) is 10.9. The van der Waals surface area contributed by atoms with Gasteiger partial charge in [-0.3, -0.25) is 4.79 Å². The second kappa shape index (κ2) is 11.5. The monoisotopic (exact) mass is 542 g/mol. The van der Waals surface area contributed by atoms with Crippen LogP contribution in [0.4, 0.5) is 10.2 Å². The molecule has 0 atom stereocenters. The Morgan fingerprint density at radius 2 is 1.82 bits per heavy atom. The molecular formula is C28H35FN4O4S. The van der Waals surface area contributed by atoms with Gasteiger partial charge in [-0.05, 0) is 54.7 Å². The van der Waals surface area contributed by atoms with Gasteiger partial charge in [0, 0.05) is 30.9 Å². The number of ether oxygens (including phenoxy) is 1. The Labute approximate surface area is 224 Å². The summed E-state index contributed by atoms with van der Waals surface area (Å²) >= 11 is 0. The number of benzene rings is 1. The number of nitrogens with one attached hydrogen (secondary N) is 1. The predicted molar refractivity (Wildman–Crippen MR) is 146 cm³/mol. The molecule has 0 fully saturated rings. The van der Waals surface area contributed by atoms with E-state index in [-0.39, 0.29) is 27.7 Å². The lowest BCUT2D eigenvalue weighted by Gasteiger charge is -2.29. The van der Waals surface area contributed by atoms with Gasteiger partial charge in [0.05, 0.1) is 17.9 Å². The Kier molecular flexibility index (Phi) is 8.76. The number of aromatic nitrogens is 2. The number of hydrogen-bond donors (Lipinski definition) is 1. The molecule has 0 aliphatic rings. The van der Waals surface area contributed by atoms with Crippen molar-refractivity contribution in [3.8, 4) is 17.0 Å². The van der Waals surface area contributed by atoms with Crippen LogP contribution in [0.5, 0.6) is 5.75 Å². The van der Waals surface area contributed by atoms with Crippen LogP contribution < -0.4 is 14.4 Å². The number of sulfonamides is 1. The van der Waals surface area contributed by atoms with Gasteiger partial charge in [-0.15, -0.1) is 0 Å². The lowest BCUT2D eigenvalue weighted by atomic mass is 9.96. The van der Waals surface area contributed by atoms with E-state index in [1.165, 1.54) is 24.3 Å². The fourth-order valence-corrected chi connectivity index (χ4v) is 4.80. The minimum absolute atomic E-state index is 0.0596. The number of nitrogens with zero attached hydrogens (tertiary/aromatic N) is 3. The van der Waals surface area contributed by atoms with E-state index in [9.17, 15) is 17.6 Å². The maximum absolute atomic E-state index is 14.4. The number of rotatable bonds is 9. The van der Waals surface area contributed by atoms with Gasteiger partial charge < -0.3 is 9.64 Å². The first-order valence-corrected chi connectivity index (χ1v) is 13.8. The van der Waals surface area contributed by atoms with Gasteiger partial charge >= 0.3 is 0 Å². The Morgan fingerprint density at radius 3 is 2.45 bits per heavy atom. The van der Waals surface area contributed by atoms with Crippen LogP contribution >= 0.6 is 0 Å². The fraction of sp³-hybridized carbons (Fsp3) is 0.393. The molecule has 10 heteroatoms. The van der Waals surface area contributed by atoms with Gasteiger partial charge in [0.15, 0.2) is 5.03 Å². The Hall–Kier alpha value is -3.53. The molecule has 3 rings (SSSR count). The number of carbonyl (C=O) groups excluding carboxylic acids is 1. The molecule has 38 heavy (non-hydrogen) atoms. The molecule has 1 amide bonds. The highest BCUT2D eigenvalue weighted by Crippen LogP contribution is 2.29. The molecule has 0 saturated carbocycles. The van der Waals surface area contributed by atoms with Crippen molar-refractivity contribution in [3.05, 3.63) is 65.6 Å². The van der Waals surface area contributed by atoms with Crippen molar-refractivity contribution in [1.82, 2.24) is 14.7 Å². The first kappa shape index (κ1) is 29.0. The smallest absolute Gasteiger partial charge is 0.281 e. The zero-order valence-electron chi connectivity index (χ0n) is 22.9. The average molecular weight is 543 g/mol. The van der Waals surface area contributed by atoms with E-state index in [0.717, 1.165) is 0 Å². The maximum atomic E-state index is 14.4. The molecule has 0 aliphatic carbocycles. The van der Waals surface area contributed by atoms with Crippen molar-refractivity contribution in [2.45, 2.75) is 46.6 Å². The van der Waals surface area contributed by atoms with Crippen LogP contribution in [0.15, 0.2) is 53.6 Å². The number of pyridine rings is 2. The highest BCUT2D eigenvalue weighted by Gasteiger charge is 2.26. The van der Waals surface area contributed by atoms with Gasteiger partial charge in [0.2, 0.25) is 0 Å². The lowest BCUT2D eigenvalue weighted by molar-refractivity contribution is 0.0981. The topological polar surface area (TPSA) is 101 Å². The summed E-state index contributed by atoms with van der Waals surface area (Å²) in [4.78, 5) is 23.7. The molecule has 0 spiro atoms. The van der Waals surface area contributed by atoms with Crippen LogP contribution in [0.2, 0.25) is 0 Å². The number of amides is 1. The van der Waals surface area contributed by atoms with Crippen molar-refractivity contribution >= 4 is 21.7 Å². The van der Waals surface area contributed by atoms with Crippen LogP contribution in [-0.4, -0.2) is 44.5 Å². The fourth-order valence-electron chi connectivity index (χ4n) is 3.82. The van der Waals surface area contributed by atoms with E-state index < -0.39 is 21.7 Å². The first-order chi connectivity index (χ1) is 17.6. The van der Waals surface area contributed by atoms with Crippen LogP contribution in [0.1, 0.15) is 50.7 Å². The average Bonchev–Trinajstić information content (AvgIpc) is 2.80. The van der Waals surface area contributed by atoms with Gasteiger partial charge in [-0.1, -0.05) is 40.7 Å². The van der Waals surface area contributed by atoms with E-state index in [1.54, 1.807) is 43.1 Å². The van der Waals surface area contributed by atoms with Gasteiger partial charge in [-0.2, -0.15) is 8.42 Å². The minimum atomic E-state index is -4.22. The number of hydrogen-bond acceptors (Lipinski definition) is 7. The molecule has 3 aromatic rings. The molecular weight excluding hydrogens is 507 g/mol. The third-order valence-corrected chi connectivity index (χ3v) is 6.54. The Balaban J connectivity index is 2.03. The van der Waals surface area contributed by atoms with Gasteiger partial charge in [0.25, 0.3) is 15.9 Å².